The molecule has 1 aromatic heterocycles. The lowest BCUT2D eigenvalue weighted by molar-refractivity contribution is -0.118. The first-order valence-corrected chi connectivity index (χ1v) is 8.79. The highest BCUT2D eigenvalue weighted by Crippen LogP contribution is 2.29. The minimum absolute atomic E-state index is 0.0600. The fraction of sp³-hybridized carbons (Fsp3) is 0.238. The summed E-state index contributed by atoms with van der Waals surface area (Å²) in [5.41, 5.74) is 2.02. The van der Waals surface area contributed by atoms with Crippen molar-refractivity contribution in [2.75, 3.05) is 11.9 Å². The molecule has 1 N–H and O–H groups in total. The third kappa shape index (κ3) is 4.11. The number of hydrogen-bond donors (Lipinski definition) is 1. The van der Waals surface area contributed by atoms with Gasteiger partial charge < -0.3 is 10.1 Å². The Balaban J connectivity index is 1.67. The number of para-hydroxylation sites is 1. The minimum atomic E-state index is -0.210. The molecule has 0 aliphatic carbocycles. The number of aromatic nitrogens is 2. The van der Waals surface area contributed by atoms with Crippen molar-refractivity contribution in [3.63, 3.8) is 0 Å². The Morgan fingerprint density at radius 2 is 1.85 bits per heavy atom. The number of amides is 1. The molecule has 3 rings (SSSR count). The molecular weight excluding hydrogens is 326 g/mol. The van der Waals surface area contributed by atoms with Gasteiger partial charge in [0.05, 0.1) is 12.2 Å². The zero-order valence-electron chi connectivity index (χ0n) is 15.1. The summed E-state index contributed by atoms with van der Waals surface area (Å²) in [7, 11) is 0. The van der Waals surface area contributed by atoms with Crippen molar-refractivity contribution in [3.8, 4) is 16.9 Å². The third-order valence-corrected chi connectivity index (χ3v) is 4.28. The van der Waals surface area contributed by atoms with Crippen LogP contribution in [0.4, 0.5) is 5.82 Å². The van der Waals surface area contributed by atoms with Crippen LogP contribution in [0.15, 0.2) is 66.9 Å². The zero-order valence-corrected chi connectivity index (χ0v) is 15.1. The molecule has 5 nitrogen and oxygen atoms in total. The molecule has 0 fully saturated rings. The van der Waals surface area contributed by atoms with E-state index in [1.807, 2.05) is 59.3 Å². The second-order valence-corrected chi connectivity index (χ2v) is 6.12. The van der Waals surface area contributed by atoms with E-state index in [1.54, 1.807) is 12.3 Å². The van der Waals surface area contributed by atoms with Crippen molar-refractivity contribution in [2.24, 2.45) is 0 Å². The number of benzene rings is 2. The SMILES string of the molecule is CC[C@H](C)n1nccc1NC(=O)COc1ccccc1-c1ccccc1. The average Bonchev–Trinajstić information content (AvgIpc) is 3.14. The van der Waals surface area contributed by atoms with E-state index in [2.05, 4.69) is 24.3 Å². The monoisotopic (exact) mass is 349 g/mol. The van der Waals surface area contributed by atoms with Gasteiger partial charge in [0.15, 0.2) is 6.61 Å². The first-order chi connectivity index (χ1) is 12.7. The molecule has 1 atom stereocenters. The fourth-order valence-electron chi connectivity index (χ4n) is 2.71. The van der Waals surface area contributed by atoms with Gasteiger partial charge in [0.2, 0.25) is 0 Å². The van der Waals surface area contributed by atoms with Gasteiger partial charge in [0, 0.05) is 11.6 Å². The van der Waals surface area contributed by atoms with Crippen LogP contribution in [0.3, 0.4) is 0 Å². The molecule has 0 saturated carbocycles. The lowest BCUT2D eigenvalue weighted by Gasteiger charge is -2.15. The van der Waals surface area contributed by atoms with E-state index in [-0.39, 0.29) is 18.6 Å². The predicted octanol–water partition coefficient (Wildman–Crippen LogP) is 4.54. The van der Waals surface area contributed by atoms with Crippen molar-refractivity contribution in [1.82, 2.24) is 9.78 Å². The van der Waals surface area contributed by atoms with E-state index in [0.29, 0.717) is 11.6 Å². The summed E-state index contributed by atoms with van der Waals surface area (Å²) >= 11 is 0. The maximum absolute atomic E-state index is 12.3. The lowest BCUT2D eigenvalue weighted by atomic mass is 10.1. The summed E-state index contributed by atoms with van der Waals surface area (Å²) in [4.78, 5) is 12.3. The van der Waals surface area contributed by atoms with E-state index in [9.17, 15) is 4.79 Å². The highest BCUT2D eigenvalue weighted by atomic mass is 16.5. The van der Waals surface area contributed by atoms with Gasteiger partial charge in [0.1, 0.15) is 11.6 Å². The quantitative estimate of drug-likeness (QED) is 0.681. The molecule has 5 heteroatoms. The van der Waals surface area contributed by atoms with Gasteiger partial charge >= 0.3 is 0 Å². The topological polar surface area (TPSA) is 56.2 Å². The van der Waals surface area contributed by atoms with E-state index in [4.69, 9.17) is 4.74 Å². The predicted molar refractivity (Wildman–Crippen MR) is 103 cm³/mol. The Labute approximate surface area is 153 Å². The van der Waals surface area contributed by atoms with Crippen LogP contribution in [0.2, 0.25) is 0 Å². The summed E-state index contributed by atoms with van der Waals surface area (Å²) in [5, 5.41) is 7.14. The average molecular weight is 349 g/mol. The van der Waals surface area contributed by atoms with Crippen LogP contribution in [-0.4, -0.2) is 22.3 Å². The van der Waals surface area contributed by atoms with Crippen LogP contribution in [0.1, 0.15) is 26.3 Å². The maximum Gasteiger partial charge on any atom is 0.263 e. The molecule has 2 aromatic carbocycles. The van der Waals surface area contributed by atoms with Gasteiger partial charge in [-0.05, 0) is 25.0 Å². The highest BCUT2D eigenvalue weighted by Gasteiger charge is 2.12. The third-order valence-electron chi connectivity index (χ3n) is 4.28. The second-order valence-electron chi connectivity index (χ2n) is 6.12. The molecule has 0 unspecified atom stereocenters. The minimum Gasteiger partial charge on any atom is -0.483 e. The molecule has 26 heavy (non-hydrogen) atoms. The molecule has 0 bridgehead atoms. The van der Waals surface area contributed by atoms with Crippen LogP contribution >= 0.6 is 0 Å². The van der Waals surface area contributed by atoms with Crippen LogP contribution in [0, 0.1) is 0 Å². The van der Waals surface area contributed by atoms with Crippen molar-refractivity contribution in [3.05, 3.63) is 66.9 Å². The standard InChI is InChI=1S/C21H23N3O2/c1-3-16(2)24-20(13-14-22-24)23-21(25)15-26-19-12-8-7-11-18(19)17-9-5-4-6-10-17/h4-14,16H,3,15H2,1-2H3,(H,23,25)/t16-/m0/s1. The van der Waals surface area contributed by atoms with E-state index in [0.717, 1.165) is 17.5 Å². The Kier molecular flexibility index (Phi) is 5.69. The van der Waals surface area contributed by atoms with Gasteiger partial charge in [0.25, 0.3) is 5.91 Å². The summed E-state index contributed by atoms with van der Waals surface area (Å²) in [6, 6.07) is 19.7. The van der Waals surface area contributed by atoms with Gasteiger partial charge in [-0.15, -0.1) is 0 Å². The van der Waals surface area contributed by atoms with Crippen LogP contribution < -0.4 is 10.1 Å². The Morgan fingerprint density at radius 1 is 1.12 bits per heavy atom. The van der Waals surface area contributed by atoms with Crippen molar-refractivity contribution in [2.45, 2.75) is 26.3 Å². The molecule has 0 radical (unpaired) electrons. The van der Waals surface area contributed by atoms with Crippen molar-refractivity contribution in [1.29, 1.82) is 0 Å². The van der Waals surface area contributed by atoms with E-state index < -0.39 is 0 Å². The first-order valence-electron chi connectivity index (χ1n) is 8.79. The number of carbonyl (C=O) groups excluding carboxylic acids is 1. The molecule has 0 saturated heterocycles. The summed E-state index contributed by atoms with van der Waals surface area (Å²) in [6.45, 7) is 4.09. The smallest absolute Gasteiger partial charge is 0.263 e. The number of carbonyl (C=O) groups is 1. The van der Waals surface area contributed by atoms with Gasteiger partial charge in [-0.2, -0.15) is 5.10 Å². The number of nitrogens with zero attached hydrogens (tertiary/aromatic N) is 2. The second kappa shape index (κ2) is 8.34. The van der Waals surface area contributed by atoms with E-state index >= 15 is 0 Å². The zero-order chi connectivity index (χ0) is 18.4. The number of rotatable bonds is 7. The van der Waals surface area contributed by atoms with Crippen molar-refractivity contribution >= 4 is 11.7 Å². The maximum atomic E-state index is 12.3. The Hall–Kier alpha value is -3.08. The molecule has 134 valence electrons. The summed E-state index contributed by atoms with van der Waals surface area (Å²) in [6.07, 6.45) is 2.62. The molecule has 1 amide bonds. The Morgan fingerprint density at radius 3 is 2.62 bits per heavy atom. The molecule has 0 aliphatic heterocycles. The van der Waals surface area contributed by atoms with Crippen LogP contribution in [0.5, 0.6) is 5.75 Å². The van der Waals surface area contributed by atoms with Crippen LogP contribution in [-0.2, 0) is 4.79 Å². The molecule has 0 spiro atoms. The number of nitrogens with one attached hydrogen (secondary N) is 1. The normalized spacial score (nSPS) is 11.8. The van der Waals surface area contributed by atoms with Gasteiger partial charge in [-0.3, -0.25) is 4.79 Å². The fourth-order valence-corrected chi connectivity index (χ4v) is 2.71. The largest absolute Gasteiger partial charge is 0.483 e. The van der Waals surface area contributed by atoms with Crippen LogP contribution in [0.25, 0.3) is 11.1 Å². The summed E-state index contributed by atoms with van der Waals surface area (Å²) < 4.78 is 7.60. The van der Waals surface area contributed by atoms with Gasteiger partial charge in [-0.25, -0.2) is 4.68 Å². The molecule has 1 heterocycles. The number of anilines is 1. The first kappa shape index (κ1) is 17.7. The lowest BCUT2D eigenvalue weighted by Crippen LogP contribution is -2.23. The Bertz CT molecular complexity index is 858. The highest BCUT2D eigenvalue weighted by molar-refractivity contribution is 5.91. The number of ether oxygens (including phenoxy) is 1. The number of hydrogen-bond acceptors (Lipinski definition) is 3. The molecule has 3 aromatic rings. The van der Waals surface area contributed by atoms with Gasteiger partial charge in [-0.1, -0.05) is 55.5 Å². The van der Waals surface area contributed by atoms with E-state index in [1.165, 1.54) is 0 Å². The summed E-state index contributed by atoms with van der Waals surface area (Å²) in [5.74, 6) is 1.16. The molecular formula is C21H23N3O2. The molecule has 0 aliphatic rings. The van der Waals surface area contributed by atoms with Crippen molar-refractivity contribution < 1.29 is 9.53 Å².